The molecule has 0 saturated heterocycles. The summed E-state index contributed by atoms with van der Waals surface area (Å²) in [5, 5.41) is 3.73. The van der Waals surface area contributed by atoms with Crippen LogP contribution in [-0.4, -0.2) is 18.7 Å². The maximum atomic E-state index is 13.2. The van der Waals surface area contributed by atoms with Gasteiger partial charge < -0.3 is 10.1 Å². The van der Waals surface area contributed by atoms with Crippen LogP contribution >= 0.6 is 0 Å². The van der Waals surface area contributed by atoms with Crippen LogP contribution in [-0.2, 0) is 6.42 Å². The first-order chi connectivity index (χ1) is 9.79. The van der Waals surface area contributed by atoms with Gasteiger partial charge in [-0.1, -0.05) is 0 Å². The van der Waals surface area contributed by atoms with Crippen LogP contribution in [0.1, 0.15) is 24.8 Å². The SMILES string of the molecule is Fc1ccc2c(c1)CC(CNC1C3C4CCC(C4)C13)O2. The predicted molar refractivity (Wildman–Crippen MR) is 74.1 cm³/mol. The molecule has 0 aromatic heterocycles. The molecule has 5 unspecified atom stereocenters. The second-order valence-corrected chi connectivity index (χ2v) is 7.12. The summed E-state index contributed by atoms with van der Waals surface area (Å²) in [6, 6.07) is 5.61. The van der Waals surface area contributed by atoms with E-state index in [2.05, 4.69) is 5.32 Å². The van der Waals surface area contributed by atoms with E-state index >= 15 is 0 Å². The van der Waals surface area contributed by atoms with Gasteiger partial charge in [0, 0.05) is 24.6 Å². The van der Waals surface area contributed by atoms with Crippen LogP contribution in [0.5, 0.6) is 5.75 Å². The highest BCUT2D eigenvalue weighted by atomic mass is 19.1. The third-order valence-corrected chi connectivity index (χ3v) is 6.08. The number of hydrogen-bond donors (Lipinski definition) is 1. The molecule has 5 atom stereocenters. The molecule has 3 heteroatoms. The summed E-state index contributed by atoms with van der Waals surface area (Å²) in [4.78, 5) is 0. The third kappa shape index (κ3) is 1.59. The van der Waals surface area contributed by atoms with E-state index in [1.165, 1.54) is 25.3 Å². The summed E-state index contributed by atoms with van der Waals surface area (Å²) >= 11 is 0. The molecule has 1 aliphatic heterocycles. The van der Waals surface area contributed by atoms with Crippen molar-refractivity contribution in [1.29, 1.82) is 0 Å². The Bertz CT molecular complexity index is 544. The monoisotopic (exact) mass is 273 g/mol. The van der Waals surface area contributed by atoms with Crippen LogP contribution in [0, 0.1) is 29.5 Å². The van der Waals surface area contributed by atoms with Gasteiger partial charge in [0.2, 0.25) is 0 Å². The molecule has 2 nitrogen and oxygen atoms in total. The highest BCUT2D eigenvalue weighted by Crippen LogP contribution is 2.65. The molecule has 1 aromatic carbocycles. The molecule has 1 heterocycles. The number of nitrogens with one attached hydrogen (secondary N) is 1. The van der Waals surface area contributed by atoms with Gasteiger partial charge in [-0.15, -0.1) is 0 Å². The third-order valence-electron chi connectivity index (χ3n) is 6.08. The average Bonchev–Trinajstić information content (AvgIpc) is 2.83. The minimum atomic E-state index is -0.158. The van der Waals surface area contributed by atoms with Gasteiger partial charge in [-0.3, -0.25) is 0 Å². The topological polar surface area (TPSA) is 21.3 Å². The molecule has 1 aromatic rings. The smallest absolute Gasteiger partial charge is 0.123 e. The summed E-state index contributed by atoms with van der Waals surface area (Å²) < 4.78 is 19.1. The Morgan fingerprint density at radius 2 is 2.00 bits per heavy atom. The van der Waals surface area contributed by atoms with Crippen LogP contribution in [0.3, 0.4) is 0 Å². The number of benzene rings is 1. The van der Waals surface area contributed by atoms with E-state index in [0.717, 1.165) is 54.0 Å². The summed E-state index contributed by atoms with van der Waals surface area (Å²) in [7, 11) is 0. The molecule has 3 saturated carbocycles. The Balaban J connectivity index is 1.19. The highest BCUT2D eigenvalue weighted by molar-refractivity contribution is 5.38. The first-order valence-electron chi connectivity index (χ1n) is 7.98. The maximum absolute atomic E-state index is 13.2. The van der Waals surface area contributed by atoms with Gasteiger partial charge in [0.1, 0.15) is 17.7 Å². The van der Waals surface area contributed by atoms with Crippen molar-refractivity contribution in [3.05, 3.63) is 29.6 Å². The summed E-state index contributed by atoms with van der Waals surface area (Å²) in [6.45, 7) is 0.910. The molecule has 0 spiro atoms. The molecule has 3 aliphatic carbocycles. The minimum Gasteiger partial charge on any atom is -0.488 e. The van der Waals surface area contributed by atoms with Crippen molar-refractivity contribution in [3.63, 3.8) is 0 Å². The number of ether oxygens (including phenoxy) is 1. The van der Waals surface area contributed by atoms with Gasteiger partial charge in [-0.25, -0.2) is 4.39 Å². The Labute approximate surface area is 118 Å². The molecule has 1 N–H and O–H groups in total. The zero-order valence-corrected chi connectivity index (χ0v) is 11.5. The highest BCUT2D eigenvalue weighted by Gasteiger charge is 2.64. The van der Waals surface area contributed by atoms with Crippen molar-refractivity contribution in [2.45, 2.75) is 37.8 Å². The second-order valence-electron chi connectivity index (χ2n) is 7.12. The van der Waals surface area contributed by atoms with E-state index in [0.29, 0.717) is 0 Å². The molecule has 5 rings (SSSR count). The normalized spacial score (nSPS) is 43.2. The van der Waals surface area contributed by atoms with E-state index in [4.69, 9.17) is 4.74 Å². The number of fused-ring (bicyclic) bond motifs is 6. The minimum absolute atomic E-state index is 0.158. The lowest BCUT2D eigenvalue weighted by Crippen LogP contribution is -2.34. The maximum Gasteiger partial charge on any atom is 0.123 e. The molecular weight excluding hydrogens is 253 g/mol. The molecular formula is C17H20FNO. The standard InChI is InChI=1S/C17H20FNO/c18-12-3-4-14-11(6-12)7-13(20-14)8-19-17-15-9-1-2-10(5-9)16(15)17/h3-4,6,9-10,13,15-17,19H,1-2,5,7-8H2. The van der Waals surface area contributed by atoms with Crippen LogP contribution < -0.4 is 10.1 Å². The van der Waals surface area contributed by atoms with Crippen LogP contribution in [0.4, 0.5) is 4.39 Å². The first-order valence-corrected chi connectivity index (χ1v) is 7.98. The van der Waals surface area contributed by atoms with Crippen molar-refractivity contribution in [2.75, 3.05) is 6.54 Å². The Morgan fingerprint density at radius 1 is 1.20 bits per heavy atom. The Kier molecular flexibility index (Phi) is 2.29. The quantitative estimate of drug-likeness (QED) is 0.914. The number of rotatable bonds is 3. The van der Waals surface area contributed by atoms with Gasteiger partial charge in [0.15, 0.2) is 0 Å². The van der Waals surface area contributed by atoms with Crippen LogP contribution in [0.15, 0.2) is 18.2 Å². The summed E-state index contributed by atoms with van der Waals surface area (Å²) in [5.74, 6) is 4.67. The fraction of sp³-hybridized carbons (Fsp3) is 0.647. The van der Waals surface area contributed by atoms with Crippen LogP contribution in [0.2, 0.25) is 0 Å². The molecule has 20 heavy (non-hydrogen) atoms. The van der Waals surface area contributed by atoms with Gasteiger partial charge in [-0.05, 0) is 61.1 Å². The lowest BCUT2D eigenvalue weighted by molar-refractivity contribution is 0.223. The van der Waals surface area contributed by atoms with Crippen molar-refractivity contribution in [2.24, 2.45) is 23.7 Å². The van der Waals surface area contributed by atoms with Gasteiger partial charge in [-0.2, -0.15) is 0 Å². The fourth-order valence-electron chi connectivity index (χ4n) is 5.27. The molecule has 0 radical (unpaired) electrons. The first kappa shape index (κ1) is 11.6. The lowest BCUT2D eigenvalue weighted by Gasteiger charge is -2.14. The van der Waals surface area contributed by atoms with Gasteiger partial charge in [0.25, 0.3) is 0 Å². The van der Waals surface area contributed by atoms with Crippen LogP contribution in [0.25, 0.3) is 0 Å². The number of halogens is 1. The molecule has 2 bridgehead atoms. The Morgan fingerprint density at radius 3 is 2.80 bits per heavy atom. The van der Waals surface area contributed by atoms with Gasteiger partial charge >= 0.3 is 0 Å². The number of hydrogen-bond acceptors (Lipinski definition) is 2. The zero-order chi connectivity index (χ0) is 13.3. The lowest BCUT2D eigenvalue weighted by atomic mass is 10.0. The van der Waals surface area contributed by atoms with Crippen molar-refractivity contribution < 1.29 is 9.13 Å². The summed E-state index contributed by atoms with van der Waals surface area (Å²) in [6.07, 6.45) is 5.46. The van der Waals surface area contributed by atoms with Gasteiger partial charge in [0.05, 0.1) is 0 Å². The van der Waals surface area contributed by atoms with E-state index in [-0.39, 0.29) is 11.9 Å². The summed E-state index contributed by atoms with van der Waals surface area (Å²) in [5.41, 5.74) is 1.02. The van der Waals surface area contributed by atoms with Crippen molar-refractivity contribution >= 4 is 0 Å². The van der Waals surface area contributed by atoms with Crippen molar-refractivity contribution in [1.82, 2.24) is 5.32 Å². The molecule has 4 aliphatic rings. The van der Waals surface area contributed by atoms with E-state index in [1.54, 1.807) is 12.1 Å². The second kappa shape index (κ2) is 3.97. The predicted octanol–water partition coefficient (Wildman–Crippen LogP) is 2.76. The molecule has 0 amide bonds. The van der Waals surface area contributed by atoms with E-state index < -0.39 is 0 Å². The zero-order valence-electron chi connectivity index (χ0n) is 11.5. The largest absolute Gasteiger partial charge is 0.488 e. The van der Waals surface area contributed by atoms with E-state index in [9.17, 15) is 4.39 Å². The fourth-order valence-corrected chi connectivity index (χ4v) is 5.27. The molecule has 106 valence electrons. The van der Waals surface area contributed by atoms with Crippen molar-refractivity contribution in [3.8, 4) is 5.75 Å². The molecule has 3 fully saturated rings. The van der Waals surface area contributed by atoms with E-state index in [1.807, 2.05) is 0 Å². The Hall–Kier alpha value is -1.09. The average molecular weight is 273 g/mol.